The lowest BCUT2D eigenvalue weighted by atomic mass is 9.84. The number of phenolic OH excluding ortho intramolecular Hbond substituents is 1. The zero-order valence-electron chi connectivity index (χ0n) is 20.5. The highest BCUT2D eigenvalue weighted by molar-refractivity contribution is 5.82. The Morgan fingerprint density at radius 2 is 1.73 bits per heavy atom. The van der Waals surface area contributed by atoms with Gasteiger partial charge in [-0.15, -0.1) is 0 Å². The highest BCUT2D eigenvalue weighted by Crippen LogP contribution is 2.49. The van der Waals surface area contributed by atoms with E-state index in [0.29, 0.717) is 24.0 Å². The number of phenols is 1. The first-order valence-corrected chi connectivity index (χ1v) is 8.64. The van der Waals surface area contributed by atoms with Gasteiger partial charge in [-0.3, -0.25) is 0 Å². The lowest BCUT2D eigenvalue weighted by molar-refractivity contribution is 0.105. The normalized spacial score (nSPS) is 18.7. The van der Waals surface area contributed by atoms with E-state index in [4.69, 9.17) is 13.0 Å². The van der Waals surface area contributed by atoms with E-state index >= 15 is 0 Å². The quantitative estimate of drug-likeness (QED) is 0.649. The Labute approximate surface area is 163 Å². The number of aromatic hydroxyl groups is 1. The Kier molecular flexibility index (Phi) is 2.64. The molecule has 1 N–H and O–H groups in total. The minimum absolute atomic E-state index is 0.0305. The predicted molar refractivity (Wildman–Crippen MR) is 106 cm³/mol. The van der Waals surface area contributed by atoms with Crippen LogP contribution in [0.1, 0.15) is 44.2 Å². The molecular weight excluding hydrogens is 320 g/mol. The van der Waals surface area contributed by atoms with Crippen LogP contribution in [0.3, 0.4) is 0 Å². The molecule has 1 aliphatic rings. The van der Waals surface area contributed by atoms with Crippen LogP contribution >= 0.6 is 0 Å². The third kappa shape index (κ3) is 2.96. The predicted octanol–water partition coefficient (Wildman–Crippen LogP) is 5.78. The van der Waals surface area contributed by atoms with E-state index in [-0.39, 0.29) is 17.1 Å². The molecule has 2 heteroatoms. The molecule has 0 atom stereocenters. The third-order valence-corrected chi connectivity index (χ3v) is 4.77. The fourth-order valence-corrected chi connectivity index (χ4v) is 3.48. The van der Waals surface area contributed by atoms with Crippen LogP contribution in [0, 0.1) is 6.92 Å². The van der Waals surface area contributed by atoms with Crippen molar-refractivity contribution in [1.29, 1.82) is 0 Å². The minimum Gasteiger partial charge on any atom is -0.507 e. The van der Waals surface area contributed by atoms with Gasteiger partial charge in [0.05, 0.1) is 5.56 Å². The molecule has 0 bridgehead atoms. The molecule has 3 aromatic rings. The highest BCUT2D eigenvalue weighted by atomic mass is 16.5. The van der Waals surface area contributed by atoms with Crippen LogP contribution < -0.4 is 4.74 Å². The first-order chi connectivity index (χ1) is 14.9. The Morgan fingerprint density at radius 3 is 2.50 bits per heavy atom. The number of hydrogen-bond acceptors (Lipinski definition) is 2. The van der Waals surface area contributed by atoms with Crippen LogP contribution in [0.4, 0.5) is 0 Å². The zero-order chi connectivity index (χ0) is 23.3. The maximum absolute atomic E-state index is 10.9. The number of ether oxygens (including phenoxy) is 1. The van der Waals surface area contributed by atoms with E-state index in [1.807, 2.05) is 37.3 Å². The molecule has 1 heterocycles. The molecule has 0 fully saturated rings. The lowest BCUT2D eigenvalue weighted by Gasteiger charge is -2.35. The van der Waals surface area contributed by atoms with Gasteiger partial charge in [0.1, 0.15) is 17.1 Å². The topological polar surface area (TPSA) is 29.5 Å². The number of rotatable bonds is 3. The number of aryl methyl sites for hydroxylation is 3. The van der Waals surface area contributed by atoms with Gasteiger partial charge >= 0.3 is 0 Å². The summed E-state index contributed by atoms with van der Waals surface area (Å²) in [5.74, 6) is 0.000469. The molecule has 0 saturated heterocycles. The molecule has 0 amide bonds. The van der Waals surface area contributed by atoms with Crippen LogP contribution in [-0.4, -0.2) is 5.11 Å². The summed E-state index contributed by atoms with van der Waals surface area (Å²) < 4.78 is 54.8. The van der Waals surface area contributed by atoms with Gasteiger partial charge in [0.15, 0.2) is 0 Å². The number of fused-ring (bicyclic) bond motifs is 3. The first-order valence-electron chi connectivity index (χ1n) is 11.6. The van der Waals surface area contributed by atoms with Crippen molar-refractivity contribution in [2.24, 2.45) is 0 Å². The third-order valence-electron chi connectivity index (χ3n) is 4.77. The molecule has 26 heavy (non-hydrogen) atoms. The van der Waals surface area contributed by atoms with Gasteiger partial charge in [-0.2, -0.15) is 0 Å². The van der Waals surface area contributed by atoms with Crippen LogP contribution in [-0.2, 0) is 18.4 Å². The molecule has 4 rings (SSSR count). The minimum atomic E-state index is -2.98. The summed E-state index contributed by atoms with van der Waals surface area (Å²) in [7, 11) is 0. The summed E-state index contributed by atoms with van der Waals surface area (Å²) in [6.45, 7) is -4.13. The first kappa shape index (κ1) is 11.1. The smallest absolute Gasteiger partial charge is 0.132 e. The maximum Gasteiger partial charge on any atom is 0.132 e. The molecule has 3 aromatic carbocycles. The van der Waals surface area contributed by atoms with E-state index in [1.54, 1.807) is 24.3 Å². The van der Waals surface area contributed by atoms with Crippen molar-refractivity contribution in [2.45, 2.75) is 39.1 Å². The van der Waals surface area contributed by atoms with Crippen LogP contribution in [0.25, 0.3) is 11.1 Å². The van der Waals surface area contributed by atoms with E-state index in [1.165, 1.54) is 6.07 Å². The van der Waals surface area contributed by atoms with Gasteiger partial charge in [-0.25, -0.2) is 0 Å². The fraction of sp³-hybridized carbons (Fsp3) is 0.250. The largest absolute Gasteiger partial charge is 0.507 e. The highest BCUT2D eigenvalue weighted by Gasteiger charge is 2.34. The molecular formula is C24H24O2. The van der Waals surface area contributed by atoms with Crippen molar-refractivity contribution < 1.29 is 18.1 Å². The average molecular weight is 350 g/mol. The van der Waals surface area contributed by atoms with Crippen molar-refractivity contribution in [1.82, 2.24) is 0 Å². The van der Waals surface area contributed by atoms with Gasteiger partial charge in [-0.1, -0.05) is 54.1 Å². The van der Waals surface area contributed by atoms with Gasteiger partial charge in [0.25, 0.3) is 0 Å². The van der Waals surface area contributed by atoms with Crippen molar-refractivity contribution in [3.63, 3.8) is 0 Å². The monoisotopic (exact) mass is 350 g/mol. The van der Waals surface area contributed by atoms with Gasteiger partial charge in [0, 0.05) is 13.8 Å². The second-order valence-electron chi connectivity index (χ2n) is 6.81. The number of hydrogen-bond donors (Lipinski definition) is 1. The van der Waals surface area contributed by atoms with E-state index < -0.39 is 19.3 Å². The average Bonchev–Trinajstić information content (AvgIpc) is 2.70. The second kappa shape index (κ2) is 6.21. The SMILES string of the molecule is [2H]C([2H])([2H])C1(C([2H])([2H])[2H])Oc2cc(CCc3ccccc3)cc(O)c2-c2cc(C)ccc21. The molecule has 0 radical (unpaired) electrons. The van der Waals surface area contributed by atoms with Crippen molar-refractivity contribution >= 4 is 0 Å². The summed E-state index contributed by atoms with van der Waals surface area (Å²) in [5, 5.41) is 10.9. The molecule has 0 aliphatic carbocycles. The Bertz CT molecular complexity index is 1140. The van der Waals surface area contributed by atoms with E-state index in [2.05, 4.69) is 0 Å². The van der Waals surface area contributed by atoms with Crippen molar-refractivity contribution in [2.75, 3.05) is 0 Å². The Morgan fingerprint density at radius 1 is 0.962 bits per heavy atom. The van der Waals surface area contributed by atoms with Crippen LogP contribution in [0.5, 0.6) is 11.5 Å². The number of benzene rings is 3. The molecule has 1 aliphatic heterocycles. The van der Waals surface area contributed by atoms with Crippen LogP contribution in [0.15, 0.2) is 60.7 Å². The molecule has 0 saturated carbocycles. The summed E-state index contributed by atoms with van der Waals surface area (Å²) in [4.78, 5) is 0. The fourth-order valence-electron chi connectivity index (χ4n) is 3.48. The van der Waals surface area contributed by atoms with E-state index in [9.17, 15) is 5.11 Å². The van der Waals surface area contributed by atoms with Crippen LogP contribution in [0.2, 0.25) is 0 Å². The summed E-state index contributed by atoms with van der Waals surface area (Å²) in [6.07, 6.45) is 1.28. The standard InChI is InChI=1S/C24H24O2/c1-16-9-12-20-19(13-16)23-21(25)14-18(15-22(23)26-24(20,2)3)11-10-17-7-5-4-6-8-17/h4-9,12-15,25H,10-11H2,1-3H3/i2D3,3D3. The van der Waals surface area contributed by atoms with Gasteiger partial charge in [-0.05, 0) is 62.3 Å². The molecule has 0 spiro atoms. The molecule has 2 nitrogen and oxygen atoms in total. The molecule has 0 aromatic heterocycles. The summed E-state index contributed by atoms with van der Waals surface area (Å²) in [6, 6.07) is 18.0. The summed E-state index contributed by atoms with van der Waals surface area (Å²) >= 11 is 0. The Balaban J connectivity index is 1.88. The Hall–Kier alpha value is -2.74. The second-order valence-corrected chi connectivity index (χ2v) is 6.81. The molecule has 0 unspecified atom stereocenters. The maximum atomic E-state index is 10.9. The summed E-state index contributed by atoms with van der Waals surface area (Å²) in [5.41, 5.74) is 0.830. The van der Waals surface area contributed by atoms with Crippen molar-refractivity contribution in [3.05, 3.63) is 82.9 Å². The van der Waals surface area contributed by atoms with Crippen molar-refractivity contribution in [3.8, 4) is 22.6 Å². The zero-order valence-corrected chi connectivity index (χ0v) is 14.5. The van der Waals surface area contributed by atoms with E-state index in [0.717, 1.165) is 16.7 Å². The molecule has 132 valence electrons. The van der Waals surface area contributed by atoms with Gasteiger partial charge < -0.3 is 9.84 Å². The lowest BCUT2D eigenvalue weighted by Crippen LogP contribution is -2.29. The van der Waals surface area contributed by atoms with Gasteiger partial charge in [0.2, 0.25) is 0 Å².